The Hall–Kier alpha value is -2.46. The highest BCUT2D eigenvalue weighted by molar-refractivity contribution is 7.47. The Bertz CT molecular complexity index is 2000. The van der Waals surface area contributed by atoms with Crippen LogP contribution in [-0.2, 0) is 65.4 Å². The summed E-state index contributed by atoms with van der Waals surface area (Å²) in [5, 5.41) is 10.6. The van der Waals surface area contributed by atoms with Gasteiger partial charge in [0.2, 0.25) is 0 Å². The topological polar surface area (TPSA) is 237 Å². The summed E-state index contributed by atoms with van der Waals surface area (Å²) in [5.74, 6) is -0.691. The van der Waals surface area contributed by atoms with Crippen LogP contribution in [0.15, 0.2) is 24.3 Å². The number of unbranched alkanes of at least 4 members (excludes halogenated alkanes) is 44. The molecule has 19 heteroatoms. The summed E-state index contributed by atoms with van der Waals surface area (Å²) in [6.07, 6.45) is 63.5. The van der Waals surface area contributed by atoms with Crippen molar-refractivity contribution < 1.29 is 80.2 Å². The predicted octanol–water partition coefficient (Wildman–Crippen LogP) is 23.4. The van der Waals surface area contributed by atoms with E-state index in [2.05, 4.69) is 65.8 Å². The van der Waals surface area contributed by atoms with Crippen LogP contribution in [0.2, 0.25) is 0 Å². The third kappa shape index (κ3) is 73.6. The highest BCUT2D eigenvalue weighted by atomic mass is 31.2. The monoisotopic (exact) mass is 1450 g/mol. The molecule has 3 N–H and O–H groups in total. The van der Waals surface area contributed by atoms with Crippen molar-refractivity contribution in [2.75, 3.05) is 39.6 Å². The normalized spacial score (nSPS) is 14.1. The van der Waals surface area contributed by atoms with Gasteiger partial charge in [0.15, 0.2) is 12.2 Å². The number of esters is 4. The first-order chi connectivity index (χ1) is 47.9. The van der Waals surface area contributed by atoms with Crippen molar-refractivity contribution in [1.82, 2.24) is 0 Å². The van der Waals surface area contributed by atoms with Crippen molar-refractivity contribution in [3.05, 3.63) is 24.3 Å². The highest BCUT2D eigenvalue weighted by Gasteiger charge is 2.30. The number of ether oxygens (including phenoxy) is 4. The van der Waals surface area contributed by atoms with Crippen LogP contribution in [0.5, 0.6) is 0 Å². The molecule has 0 aliphatic rings. The summed E-state index contributed by atoms with van der Waals surface area (Å²) in [5.41, 5.74) is 0. The van der Waals surface area contributed by atoms with E-state index in [1.165, 1.54) is 186 Å². The van der Waals surface area contributed by atoms with Gasteiger partial charge in [0.1, 0.15) is 19.3 Å². The summed E-state index contributed by atoms with van der Waals surface area (Å²) in [7, 11) is -9.93. The molecule has 0 rings (SSSR count). The molecule has 0 amide bonds. The maximum absolute atomic E-state index is 13.1. The number of carbonyl (C=O) groups excluding carboxylic acids is 4. The van der Waals surface area contributed by atoms with E-state index in [1.807, 2.05) is 0 Å². The Morgan fingerprint density at radius 2 is 0.545 bits per heavy atom. The highest BCUT2D eigenvalue weighted by Crippen LogP contribution is 2.45. The maximum Gasteiger partial charge on any atom is 0.472 e. The molecule has 99 heavy (non-hydrogen) atoms. The fraction of sp³-hybridized carbons (Fsp3) is 0.900. The van der Waals surface area contributed by atoms with E-state index in [-0.39, 0.29) is 25.7 Å². The van der Waals surface area contributed by atoms with Crippen molar-refractivity contribution in [2.45, 2.75) is 413 Å². The van der Waals surface area contributed by atoms with Crippen LogP contribution in [-0.4, -0.2) is 96.7 Å². The Labute approximate surface area is 605 Å². The number of phosphoric acid groups is 2. The number of aliphatic hydroxyl groups is 1. The SMILES string of the molecule is CCCCCC/C=C\C=C/CCCCCCCC(=O)OC[C@H](COP(=O)(O)OC[C@@H](O)COP(=O)(O)OC[C@@H](COC(=O)CCCCCCCCC(C)C)OC(=O)CCCCCCCCCCCCCCC(C)C)OC(=O)CCCCCCCCCCCCCCCCCCCCCC. The summed E-state index contributed by atoms with van der Waals surface area (Å²) in [6, 6.07) is 0. The summed E-state index contributed by atoms with van der Waals surface area (Å²) in [6.45, 7) is 9.48. The zero-order valence-corrected chi connectivity index (χ0v) is 66.1. The lowest BCUT2D eigenvalue weighted by Crippen LogP contribution is -2.30. The Balaban J connectivity index is 5.25. The van der Waals surface area contributed by atoms with Gasteiger partial charge in [-0.3, -0.25) is 37.3 Å². The average Bonchev–Trinajstić information content (AvgIpc) is 1.47. The molecule has 584 valence electrons. The van der Waals surface area contributed by atoms with E-state index in [4.69, 9.17) is 37.0 Å². The first kappa shape index (κ1) is 96.5. The molecule has 0 bridgehead atoms. The van der Waals surface area contributed by atoms with E-state index in [1.54, 1.807) is 0 Å². The van der Waals surface area contributed by atoms with Crippen molar-refractivity contribution >= 4 is 39.5 Å². The van der Waals surface area contributed by atoms with Crippen molar-refractivity contribution in [3.8, 4) is 0 Å². The number of carbonyl (C=O) groups is 4. The van der Waals surface area contributed by atoms with Crippen LogP contribution in [0, 0.1) is 11.8 Å². The minimum absolute atomic E-state index is 0.102. The van der Waals surface area contributed by atoms with E-state index < -0.39 is 97.5 Å². The lowest BCUT2D eigenvalue weighted by molar-refractivity contribution is -0.161. The third-order valence-electron chi connectivity index (χ3n) is 18.1. The summed E-state index contributed by atoms with van der Waals surface area (Å²) in [4.78, 5) is 72.9. The molecule has 0 saturated carbocycles. The number of allylic oxidation sites excluding steroid dienone is 4. The minimum Gasteiger partial charge on any atom is -0.462 e. The molecule has 0 aromatic rings. The van der Waals surface area contributed by atoms with Gasteiger partial charge >= 0.3 is 39.5 Å². The van der Waals surface area contributed by atoms with Crippen LogP contribution >= 0.6 is 15.6 Å². The summed E-state index contributed by atoms with van der Waals surface area (Å²) >= 11 is 0. The Kier molecular flexibility index (Phi) is 69.4. The molecule has 0 aromatic heterocycles. The smallest absolute Gasteiger partial charge is 0.462 e. The van der Waals surface area contributed by atoms with Crippen LogP contribution < -0.4 is 0 Å². The fourth-order valence-corrected chi connectivity index (χ4v) is 13.4. The quantitative estimate of drug-likeness (QED) is 0.0169. The molecule has 0 fully saturated rings. The van der Waals surface area contributed by atoms with E-state index in [9.17, 15) is 43.2 Å². The minimum atomic E-state index is -4.97. The second kappa shape index (κ2) is 71.2. The zero-order chi connectivity index (χ0) is 72.8. The van der Waals surface area contributed by atoms with Crippen LogP contribution in [0.3, 0.4) is 0 Å². The van der Waals surface area contributed by atoms with Gasteiger partial charge in [0, 0.05) is 25.7 Å². The Morgan fingerprint density at radius 3 is 0.828 bits per heavy atom. The lowest BCUT2D eigenvalue weighted by Gasteiger charge is -2.21. The molecule has 5 atom stereocenters. The zero-order valence-electron chi connectivity index (χ0n) is 64.3. The van der Waals surface area contributed by atoms with Gasteiger partial charge in [0.25, 0.3) is 0 Å². The molecule has 0 heterocycles. The molecule has 0 saturated heterocycles. The molecule has 0 aliphatic heterocycles. The molecule has 0 aliphatic carbocycles. The van der Waals surface area contributed by atoms with Gasteiger partial charge in [-0.1, -0.05) is 342 Å². The first-order valence-corrected chi connectivity index (χ1v) is 43.8. The molecule has 0 aromatic carbocycles. The van der Waals surface area contributed by atoms with Crippen molar-refractivity contribution in [3.63, 3.8) is 0 Å². The number of hydrogen-bond donors (Lipinski definition) is 3. The van der Waals surface area contributed by atoms with Gasteiger partial charge in [0.05, 0.1) is 26.4 Å². The van der Waals surface area contributed by atoms with Gasteiger partial charge in [-0.05, 0) is 63.2 Å². The van der Waals surface area contributed by atoms with Crippen LogP contribution in [0.25, 0.3) is 0 Å². The predicted molar refractivity (Wildman–Crippen MR) is 404 cm³/mol. The number of aliphatic hydroxyl groups excluding tert-OH is 1. The van der Waals surface area contributed by atoms with E-state index in [0.29, 0.717) is 31.6 Å². The third-order valence-corrected chi connectivity index (χ3v) is 20.0. The standard InChI is InChI=1S/C80H152O17P2/c1-7-9-11-13-15-17-19-21-23-24-25-26-27-29-31-36-40-44-52-58-64-79(84)96-75(68-90-77(82)62-56-50-43-39-35-30-28-22-20-18-16-14-12-10-8-2)70-94-98(86,87)92-66-74(81)67-93-99(88,89)95-71-76(69-91-78(83)63-57-51-47-46-49-55-61-73(5)6)97-80(85)65-59-53-45-41-37-33-32-34-38-42-48-54-60-72(3)4/h18,20,22,28,72-76,81H,7-17,19,21,23-27,29-71H2,1-6H3,(H,86,87)(H,88,89)/b20-18-,28-22-/t74-,75-,76-/m1/s1. The van der Waals surface area contributed by atoms with E-state index in [0.717, 1.165) is 121 Å². The second-order valence-electron chi connectivity index (χ2n) is 29.1. The summed E-state index contributed by atoms with van der Waals surface area (Å²) < 4.78 is 68.6. The fourth-order valence-electron chi connectivity index (χ4n) is 11.8. The largest absolute Gasteiger partial charge is 0.472 e. The van der Waals surface area contributed by atoms with Crippen molar-refractivity contribution in [2.24, 2.45) is 11.8 Å². The van der Waals surface area contributed by atoms with Gasteiger partial charge < -0.3 is 33.8 Å². The number of rotatable bonds is 77. The van der Waals surface area contributed by atoms with Gasteiger partial charge in [-0.2, -0.15) is 0 Å². The molecule has 2 unspecified atom stereocenters. The Morgan fingerprint density at radius 1 is 0.313 bits per heavy atom. The molecular weight excluding hydrogens is 1290 g/mol. The van der Waals surface area contributed by atoms with E-state index >= 15 is 0 Å². The lowest BCUT2D eigenvalue weighted by atomic mass is 10.0. The maximum atomic E-state index is 13.1. The molecule has 17 nitrogen and oxygen atoms in total. The first-order valence-electron chi connectivity index (χ1n) is 40.8. The van der Waals surface area contributed by atoms with Crippen molar-refractivity contribution in [1.29, 1.82) is 0 Å². The van der Waals surface area contributed by atoms with Gasteiger partial charge in [-0.25, -0.2) is 9.13 Å². The molecule has 0 spiro atoms. The second-order valence-corrected chi connectivity index (χ2v) is 32.0. The van der Waals surface area contributed by atoms with Crippen LogP contribution in [0.4, 0.5) is 0 Å². The number of hydrogen-bond acceptors (Lipinski definition) is 15. The molecule has 0 radical (unpaired) electrons. The molecular formula is C80H152O17P2. The van der Waals surface area contributed by atoms with Gasteiger partial charge in [-0.15, -0.1) is 0 Å². The number of phosphoric ester groups is 2. The average molecular weight is 1450 g/mol. The van der Waals surface area contributed by atoms with Crippen LogP contribution in [0.1, 0.15) is 395 Å².